The van der Waals surface area contributed by atoms with Crippen LogP contribution < -0.4 is 15.4 Å². The zero-order chi connectivity index (χ0) is 32.7. The molecular weight excluding hydrogens is 589 g/mol. The highest BCUT2D eigenvalue weighted by Crippen LogP contribution is 2.43. The van der Waals surface area contributed by atoms with Crippen molar-refractivity contribution in [3.63, 3.8) is 0 Å². The van der Waals surface area contributed by atoms with E-state index in [2.05, 4.69) is 27.5 Å². The molecule has 2 amide bonds. The summed E-state index contributed by atoms with van der Waals surface area (Å²) in [4.78, 5) is 34.0. The molecule has 0 bridgehead atoms. The normalized spacial score (nSPS) is 23.0. The first-order valence-electron chi connectivity index (χ1n) is 14.9. The van der Waals surface area contributed by atoms with Crippen LogP contribution in [0.3, 0.4) is 0 Å². The van der Waals surface area contributed by atoms with Gasteiger partial charge in [-0.1, -0.05) is 6.92 Å². The molecule has 9 nitrogen and oxygen atoms in total. The molecule has 12 heteroatoms. The van der Waals surface area contributed by atoms with E-state index in [1.165, 1.54) is 13.1 Å². The minimum absolute atomic E-state index is 0.0224. The van der Waals surface area contributed by atoms with Crippen LogP contribution in [0.4, 0.5) is 23.7 Å². The fourth-order valence-electron chi connectivity index (χ4n) is 6.09. The lowest BCUT2D eigenvalue weighted by atomic mass is 9.76. The number of hydrogen-bond acceptors (Lipinski definition) is 7. The summed E-state index contributed by atoms with van der Waals surface area (Å²) in [7, 11) is 0. The third kappa shape index (κ3) is 7.06. The molecule has 45 heavy (non-hydrogen) atoms. The second-order valence-corrected chi connectivity index (χ2v) is 13.1. The van der Waals surface area contributed by atoms with Gasteiger partial charge in [0, 0.05) is 24.2 Å². The molecular formula is C33H37F3N4O5. The van der Waals surface area contributed by atoms with Crippen molar-refractivity contribution in [2.75, 3.05) is 11.9 Å². The molecule has 0 spiro atoms. The summed E-state index contributed by atoms with van der Waals surface area (Å²) in [6.45, 7) is 8.86. The number of carbonyl (C=O) groups excluding carboxylic acids is 2. The molecule has 1 aliphatic heterocycles. The Balaban J connectivity index is 1.40. The number of amides is 2. The van der Waals surface area contributed by atoms with Crippen molar-refractivity contribution in [1.29, 1.82) is 0 Å². The molecule has 1 aliphatic carbocycles. The fourth-order valence-corrected chi connectivity index (χ4v) is 6.09. The number of carbonyl (C=O) groups is 2. The van der Waals surface area contributed by atoms with Crippen molar-refractivity contribution in [3.8, 4) is 17.0 Å². The van der Waals surface area contributed by atoms with E-state index < -0.39 is 51.9 Å². The van der Waals surface area contributed by atoms with Crippen LogP contribution in [-0.4, -0.2) is 45.3 Å². The maximum absolute atomic E-state index is 15.6. The van der Waals surface area contributed by atoms with Crippen LogP contribution in [0.25, 0.3) is 11.3 Å². The van der Waals surface area contributed by atoms with Crippen LogP contribution in [-0.2, 0) is 10.3 Å². The van der Waals surface area contributed by atoms with Crippen LogP contribution in [0.5, 0.6) is 5.75 Å². The quantitative estimate of drug-likeness (QED) is 0.292. The topological polar surface area (TPSA) is 123 Å². The van der Waals surface area contributed by atoms with E-state index in [4.69, 9.17) is 9.47 Å². The van der Waals surface area contributed by atoms with Crippen molar-refractivity contribution in [1.82, 2.24) is 15.3 Å². The van der Waals surface area contributed by atoms with Gasteiger partial charge in [0.1, 0.15) is 28.6 Å². The van der Waals surface area contributed by atoms with E-state index in [9.17, 15) is 19.1 Å². The number of halogens is 3. The van der Waals surface area contributed by atoms with E-state index in [1.54, 1.807) is 33.0 Å². The molecule has 1 saturated carbocycles. The molecule has 1 aromatic carbocycles. The third-order valence-corrected chi connectivity index (χ3v) is 8.11. The monoisotopic (exact) mass is 626 g/mol. The summed E-state index contributed by atoms with van der Waals surface area (Å²) >= 11 is 0. The Labute approximate surface area is 259 Å². The van der Waals surface area contributed by atoms with Crippen molar-refractivity contribution in [3.05, 3.63) is 70.9 Å². The Kier molecular flexibility index (Phi) is 8.81. The number of aliphatic hydroxyl groups is 1. The van der Waals surface area contributed by atoms with Crippen molar-refractivity contribution in [2.45, 2.75) is 83.5 Å². The van der Waals surface area contributed by atoms with Crippen LogP contribution in [0, 0.1) is 23.4 Å². The van der Waals surface area contributed by atoms with Gasteiger partial charge >= 0.3 is 6.09 Å². The van der Waals surface area contributed by atoms with Crippen LogP contribution >= 0.6 is 0 Å². The Hall–Kier alpha value is -4.19. The van der Waals surface area contributed by atoms with Gasteiger partial charge in [0.2, 0.25) is 0 Å². The number of nitrogens with one attached hydrogen (secondary N) is 2. The number of fused-ring (bicyclic) bond motifs is 1. The molecule has 3 aromatic rings. The SMILES string of the molecule is C[C@@H]1C[C@H](NC(=O)OC(C)(C)C)C[C@H](c2ccncc2NC(=O)c2ccc(F)c(-c3c(F)cc4c(c3F)OCC[C@@]4(C)O)n2)C1. The molecule has 2 aliphatic rings. The predicted octanol–water partition coefficient (Wildman–Crippen LogP) is 6.60. The molecule has 1 fully saturated rings. The van der Waals surface area contributed by atoms with Gasteiger partial charge in [-0.25, -0.2) is 22.9 Å². The number of alkyl carbamates (subject to hydrolysis) is 1. The van der Waals surface area contributed by atoms with Gasteiger partial charge in [-0.15, -0.1) is 0 Å². The molecule has 240 valence electrons. The average molecular weight is 627 g/mol. The lowest BCUT2D eigenvalue weighted by molar-refractivity contribution is 0.0126. The number of anilines is 1. The second-order valence-electron chi connectivity index (χ2n) is 13.1. The highest BCUT2D eigenvalue weighted by Gasteiger charge is 2.37. The Morgan fingerprint density at radius 3 is 2.60 bits per heavy atom. The van der Waals surface area contributed by atoms with Crippen LogP contribution in [0.15, 0.2) is 36.7 Å². The van der Waals surface area contributed by atoms with Gasteiger partial charge in [-0.3, -0.25) is 9.78 Å². The number of hydrogen-bond donors (Lipinski definition) is 3. The van der Waals surface area contributed by atoms with Gasteiger partial charge in [-0.2, -0.15) is 0 Å². The largest absolute Gasteiger partial charge is 0.490 e. The smallest absolute Gasteiger partial charge is 0.407 e. The molecule has 0 unspecified atom stereocenters. The van der Waals surface area contributed by atoms with E-state index >= 15 is 8.78 Å². The lowest BCUT2D eigenvalue weighted by Gasteiger charge is -2.35. The van der Waals surface area contributed by atoms with Gasteiger partial charge in [-0.05, 0) is 88.6 Å². The Bertz CT molecular complexity index is 1620. The van der Waals surface area contributed by atoms with Crippen LogP contribution in [0.1, 0.15) is 87.8 Å². The summed E-state index contributed by atoms with van der Waals surface area (Å²) in [5.74, 6) is -4.33. The van der Waals surface area contributed by atoms with Crippen LogP contribution in [0.2, 0.25) is 0 Å². The average Bonchev–Trinajstić information content (AvgIpc) is 2.93. The van der Waals surface area contributed by atoms with Gasteiger partial charge in [0.15, 0.2) is 11.6 Å². The summed E-state index contributed by atoms with van der Waals surface area (Å²) in [5, 5.41) is 16.3. The summed E-state index contributed by atoms with van der Waals surface area (Å²) in [5.41, 5.74) is -2.87. The van der Waals surface area contributed by atoms with E-state index in [0.717, 1.165) is 36.6 Å². The van der Waals surface area contributed by atoms with Gasteiger partial charge < -0.3 is 25.2 Å². The predicted molar refractivity (Wildman–Crippen MR) is 160 cm³/mol. The van der Waals surface area contributed by atoms with E-state index in [-0.39, 0.29) is 47.9 Å². The summed E-state index contributed by atoms with van der Waals surface area (Å²) in [6, 6.07) is 4.56. The molecule has 5 rings (SSSR count). The summed E-state index contributed by atoms with van der Waals surface area (Å²) < 4.78 is 56.6. The molecule has 0 saturated heterocycles. The minimum Gasteiger partial charge on any atom is -0.490 e. The molecule has 4 atom stereocenters. The van der Waals surface area contributed by atoms with Crippen molar-refractivity contribution in [2.24, 2.45) is 5.92 Å². The summed E-state index contributed by atoms with van der Waals surface area (Å²) in [6.07, 6.45) is 4.88. The van der Waals surface area contributed by atoms with Gasteiger partial charge in [0.25, 0.3) is 5.91 Å². The molecule has 0 radical (unpaired) electrons. The number of aromatic nitrogens is 2. The number of benzene rings is 1. The maximum Gasteiger partial charge on any atom is 0.407 e. The Morgan fingerprint density at radius 1 is 1.11 bits per heavy atom. The number of ether oxygens (including phenoxy) is 2. The first-order valence-corrected chi connectivity index (χ1v) is 14.9. The standard InChI is InChI=1S/C33H37F3N4O5/c1-17-12-18(14-19(13-17)38-31(42)45-32(2,3)4)20-8-10-37-16-25(20)40-30(41)24-7-6-22(34)28(39-24)26-23(35)15-21-29(27(26)36)44-11-9-33(21,5)43/h6-8,10,15-19,43H,9,11-14H2,1-5H3,(H,38,42)(H,40,41)/t17-,18+,19-,33+/m0/s1. The highest BCUT2D eigenvalue weighted by atomic mass is 19.1. The first-order chi connectivity index (χ1) is 21.1. The zero-order valence-electron chi connectivity index (χ0n) is 25.8. The second kappa shape index (κ2) is 12.3. The van der Waals surface area contributed by atoms with E-state index in [1.807, 2.05) is 0 Å². The zero-order valence-corrected chi connectivity index (χ0v) is 25.8. The molecule has 3 N–H and O–H groups in total. The minimum atomic E-state index is -1.54. The first kappa shape index (κ1) is 32.2. The maximum atomic E-state index is 15.6. The molecule has 2 aromatic heterocycles. The Morgan fingerprint density at radius 2 is 1.87 bits per heavy atom. The number of nitrogens with zero attached hydrogens (tertiary/aromatic N) is 2. The highest BCUT2D eigenvalue weighted by molar-refractivity contribution is 6.03. The van der Waals surface area contributed by atoms with E-state index in [0.29, 0.717) is 12.1 Å². The third-order valence-electron chi connectivity index (χ3n) is 8.11. The lowest BCUT2D eigenvalue weighted by Crippen LogP contribution is -2.42. The van der Waals surface area contributed by atoms with Crippen molar-refractivity contribution >= 4 is 17.7 Å². The van der Waals surface area contributed by atoms with Crippen molar-refractivity contribution < 1.29 is 37.3 Å². The van der Waals surface area contributed by atoms with Gasteiger partial charge in [0.05, 0.1) is 29.7 Å². The fraction of sp³-hybridized carbons (Fsp3) is 0.455. The number of pyridine rings is 2. The molecule has 3 heterocycles. The number of rotatable bonds is 5.